The summed E-state index contributed by atoms with van der Waals surface area (Å²) in [5.41, 5.74) is 1.03. The molecule has 0 N–H and O–H groups in total. The van der Waals surface area contributed by atoms with Crippen molar-refractivity contribution in [1.82, 2.24) is 5.16 Å². The SMILES string of the molecule is O=S(=O)(Cl)Cc1cc(-c2ccc(Cl)cc2)on1. The highest BCUT2D eigenvalue weighted by atomic mass is 35.7. The summed E-state index contributed by atoms with van der Waals surface area (Å²) < 4.78 is 26.7. The highest BCUT2D eigenvalue weighted by molar-refractivity contribution is 8.13. The van der Waals surface area contributed by atoms with E-state index in [2.05, 4.69) is 5.16 Å². The average molecular weight is 292 g/mol. The van der Waals surface area contributed by atoms with Crippen molar-refractivity contribution in [3.05, 3.63) is 41.0 Å². The van der Waals surface area contributed by atoms with Crippen molar-refractivity contribution in [2.45, 2.75) is 5.75 Å². The lowest BCUT2D eigenvalue weighted by Crippen LogP contribution is -1.94. The van der Waals surface area contributed by atoms with Gasteiger partial charge in [-0.2, -0.15) is 0 Å². The van der Waals surface area contributed by atoms with Crippen LogP contribution in [0, 0.1) is 0 Å². The Morgan fingerprint density at radius 1 is 1.24 bits per heavy atom. The van der Waals surface area contributed by atoms with Crippen LogP contribution in [0.5, 0.6) is 0 Å². The molecule has 0 aliphatic rings. The maximum atomic E-state index is 10.9. The van der Waals surface area contributed by atoms with Crippen LogP contribution in [-0.2, 0) is 14.8 Å². The Morgan fingerprint density at radius 3 is 2.47 bits per heavy atom. The second kappa shape index (κ2) is 4.68. The Balaban J connectivity index is 2.27. The van der Waals surface area contributed by atoms with Crippen molar-refractivity contribution in [2.24, 2.45) is 0 Å². The van der Waals surface area contributed by atoms with Crippen LogP contribution in [-0.4, -0.2) is 13.6 Å². The van der Waals surface area contributed by atoms with Gasteiger partial charge in [-0.3, -0.25) is 0 Å². The number of hydrogen-bond acceptors (Lipinski definition) is 4. The Bertz CT molecular complexity index is 619. The summed E-state index contributed by atoms with van der Waals surface area (Å²) in [7, 11) is 1.49. The number of aromatic nitrogens is 1. The lowest BCUT2D eigenvalue weighted by molar-refractivity contribution is 0.426. The summed E-state index contributed by atoms with van der Waals surface area (Å²) >= 11 is 5.75. The van der Waals surface area contributed by atoms with Crippen LogP contribution in [0.3, 0.4) is 0 Å². The molecule has 0 radical (unpaired) electrons. The van der Waals surface area contributed by atoms with Crippen molar-refractivity contribution in [2.75, 3.05) is 0 Å². The van der Waals surface area contributed by atoms with Crippen molar-refractivity contribution in [1.29, 1.82) is 0 Å². The molecule has 2 rings (SSSR count). The number of nitrogens with zero attached hydrogens (tertiary/aromatic N) is 1. The van der Waals surface area contributed by atoms with Gasteiger partial charge in [-0.15, -0.1) is 0 Å². The summed E-state index contributed by atoms with van der Waals surface area (Å²) in [5.74, 6) is 0.114. The van der Waals surface area contributed by atoms with Gasteiger partial charge in [-0.1, -0.05) is 16.8 Å². The molecule has 0 amide bonds. The Kier molecular flexibility index (Phi) is 3.42. The van der Waals surface area contributed by atoms with Crippen LogP contribution >= 0.6 is 22.3 Å². The van der Waals surface area contributed by atoms with Crippen LogP contribution in [0.25, 0.3) is 11.3 Å². The molecular formula is C10H7Cl2NO3S. The highest BCUT2D eigenvalue weighted by Gasteiger charge is 2.13. The van der Waals surface area contributed by atoms with Crippen molar-refractivity contribution in [3.8, 4) is 11.3 Å². The molecule has 0 aliphatic carbocycles. The predicted octanol–water partition coefficient (Wildman–Crippen LogP) is 3.06. The molecule has 4 nitrogen and oxygen atoms in total. The van der Waals surface area contributed by atoms with Crippen molar-refractivity contribution >= 4 is 31.3 Å². The van der Waals surface area contributed by atoms with E-state index in [4.69, 9.17) is 26.8 Å². The van der Waals surface area contributed by atoms with Crippen LogP contribution < -0.4 is 0 Å². The molecule has 1 aromatic heterocycles. The van der Waals surface area contributed by atoms with Gasteiger partial charge in [-0.05, 0) is 24.3 Å². The average Bonchev–Trinajstić information content (AvgIpc) is 2.64. The molecule has 0 saturated heterocycles. The van der Waals surface area contributed by atoms with Gasteiger partial charge >= 0.3 is 0 Å². The molecule has 0 atom stereocenters. The van der Waals surface area contributed by atoms with Crippen LogP contribution in [0.4, 0.5) is 0 Å². The molecule has 0 spiro atoms. The predicted molar refractivity (Wildman–Crippen MR) is 65.4 cm³/mol. The molecule has 90 valence electrons. The molecule has 1 heterocycles. The molecule has 0 bridgehead atoms. The Hall–Kier alpha value is -1.04. The molecule has 0 saturated carbocycles. The van der Waals surface area contributed by atoms with Gasteiger partial charge in [0.25, 0.3) is 0 Å². The summed E-state index contributed by atoms with van der Waals surface area (Å²) in [5, 5.41) is 4.24. The van der Waals surface area contributed by atoms with Crippen LogP contribution in [0.2, 0.25) is 5.02 Å². The quantitative estimate of drug-likeness (QED) is 0.816. The molecule has 2 aromatic rings. The van der Waals surface area contributed by atoms with E-state index in [1.165, 1.54) is 6.07 Å². The number of hydrogen-bond donors (Lipinski definition) is 0. The highest BCUT2D eigenvalue weighted by Crippen LogP contribution is 2.23. The molecular weight excluding hydrogens is 285 g/mol. The van der Waals surface area contributed by atoms with Gasteiger partial charge in [0.05, 0.1) is 0 Å². The zero-order valence-electron chi connectivity index (χ0n) is 8.43. The number of rotatable bonds is 3. The van der Waals surface area contributed by atoms with Crippen molar-refractivity contribution < 1.29 is 12.9 Å². The molecule has 0 unspecified atom stereocenters. The summed E-state index contributed by atoms with van der Waals surface area (Å²) in [4.78, 5) is 0. The minimum absolute atomic E-state index is 0.268. The first kappa shape index (κ1) is 12.4. The van der Waals surface area contributed by atoms with Crippen LogP contribution in [0.15, 0.2) is 34.9 Å². The fraction of sp³-hybridized carbons (Fsp3) is 0.100. The topological polar surface area (TPSA) is 60.2 Å². The van der Waals surface area contributed by atoms with Gasteiger partial charge in [0, 0.05) is 27.3 Å². The van der Waals surface area contributed by atoms with E-state index in [9.17, 15) is 8.42 Å². The van der Waals surface area contributed by atoms with Crippen LogP contribution in [0.1, 0.15) is 5.69 Å². The Morgan fingerprint density at radius 2 is 1.88 bits per heavy atom. The smallest absolute Gasteiger partial charge is 0.238 e. The summed E-state index contributed by atoms with van der Waals surface area (Å²) in [6, 6.07) is 8.45. The van der Waals surface area contributed by atoms with E-state index in [1.54, 1.807) is 24.3 Å². The maximum absolute atomic E-state index is 10.9. The third-order valence-corrected chi connectivity index (χ3v) is 3.23. The summed E-state index contributed by atoms with van der Waals surface area (Å²) in [6.45, 7) is 0. The first-order valence-corrected chi connectivity index (χ1v) is 7.43. The minimum atomic E-state index is -3.62. The standard InChI is InChI=1S/C10H7Cl2NO3S/c11-8-3-1-7(2-4-8)10-5-9(13-16-10)6-17(12,14)15/h1-5H,6H2. The van der Waals surface area contributed by atoms with Gasteiger partial charge in [-0.25, -0.2) is 8.42 Å². The maximum Gasteiger partial charge on any atom is 0.238 e. The normalized spacial score (nSPS) is 11.6. The lowest BCUT2D eigenvalue weighted by atomic mass is 10.2. The molecule has 17 heavy (non-hydrogen) atoms. The zero-order valence-corrected chi connectivity index (χ0v) is 10.8. The molecule has 7 heteroatoms. The van der Waals surface area contributed by atoms with E-state index < -0.39 is 9.05 Å². The largest absolute Gasteiger partial charge is 0.356 e. The summed E-state index contributed by atoms with van der Waals surface area (Å²) in [6.07, 6.45) is 0. The van der Waals surface area contributed by atoms with Gasteiger partial charge in [0.2, 0.25) is 9.05 Å². The van der Waals surface area contributed by atoms with Gasteiger partial charge < -0.3 is 4.52 Å². The molecule has 0 aliphatic heterocycles. The third-order valence-electron chi connectivity index (χ3n) is 2.01. The number of halogens is 2. The third kappa shape index (κ3) is 3.46. The first-order chi connectivity index (χ1) is 7.94. The lowest BCUT2D eigenvalue weighted by Gasteiger charge is -1.94. The second-order valence-corrected chi connectivity index (χ2v) is 6.59. The molecule has 0 fully saturated rings. The van der Waals surface area contributed by atoms with E-state index >= 15 is 0 Å². The number of benzene rings is 1. The monoisotopic (exact) mass is 291 g/mol. The van der Waals surface area contributed by atoms with Gasteiger partial charge in [0.1, 0.15) is 11.4 Å². The van der Waals surface area contributed by atoms with E-state index in [-0.39, 0.29) is 11.4 Å². The Labute approximate surface area is 108 Å². The first-order valence-electron chi connectivity index (χ1n) is 4.58. The second-order valence-electron chi connectivity index (χ2n) is 3.37. The minimum Gasteiger partial charge on any atom is -0.356 e. The molecule has 1 aromatic carbocycles. The van der Waals surface area contributed by atoms with Gasteiger partial charge in [0.15, 0.2) is 5.76 Å². The van der Waals surface area contributed by atoms with E-state index in [0.29, 0.717) is 10.8 Å². The van der Waals surface area contributed by atoms with E-state index in [0.717, 1.165) is 5.56 Å². The fourth-order valence-electron chi connectivity index (χ4n) is 1.31. The zero-order chi connectivity index (χ0) is 12.5. The van der Waals surface area contributed by atoms with E-state index in [1.807, 2.05) is 0 Å². The fourth-order valence-corrected chi connectivity index (χ4v) is 2.26. The van der Waals surface area contributed by atoms with Crippen molar-refractivity contribution in [3.63, 3.8) is 0 Å².